The SMILES string of the molecule is COc1ccc(OCc2cccc(Cl)n2)c(Br)c1. The maximum Gasteiger partial charge on any atom is 0.134 e. The minimum absolute atomic E-state index is 0.367. The summed E-state index contributed by atoms with van der Waals surface area (Å²) < 4.78 is 11.6. The second-order valence-corrected chi connectivity index (χ2v) is 4.78. The lowest BCUT2D eigenvalue weighted by molar-refractivity contribution is 0.298. The van der Waals surface area contributed by atoms with Crippen LogP contribution in [-0.2, 0) is 6.61 Å². The maximum absolute atomic E-state index is 5.80. The first-order chi connectivity index (χ1) is 8.69. The van der Waals surface area contributed by atoms with Crippen LogP contribution in [-0.4, -0.2) is 12.1 Å². The molecule has 1 aromatic carbocycles. The number of nitrogens with zero attached hydrogens (tertiary/aromatic N) is 1. The van der Waals surface area contributed by atoms with Crippen LogP contribution in [0.5, 0.6) is 11.5 Å². The minimum Gasteiger partial charge on any atom is -0.497 e. The summed E-state index contributed by atoms with van der Waals surface area (Å²) in [5.41, 5.74) is 0.783. The second kappa shape index (κ2) is 6.07. The number of benzene rings is 1. The summed E-state index contributed by atoms with van der Waals surface area (Å²) in [6.45, 7) is 0.367. The molecule has 0 aliphatic carbocycles. The molecule has 5 heteroatoms. The number of hydrogen-bond donors (Lipinski definition) is 0. The minimum atomic E-state index is 0.367. The fourth-order valence-electron chi connectivity index (χ4n) is 1.41. The predicted molar refractivity (Wildman–Crippen MR) is 74.3 cm³/mol. The molecule has 1 aromatic heterocycles. The lowest BCUT2D eigenvalue weighted by Crippen LogP contribution is -1.98. The highest BCUT2D eigenvalue weighted by atomic mass is 79.9. The monoisotopic (exact) mass is 327 g/mol. The molecule has 0 N–H and O–H groups in total. The molecule has 0 atom stereocenters. The zero-order chi connectivity index (χ0) is 13.0. The van der Waals surface area contributed by atoms with Gasteiger partial charge in [0.15, 0.2) is 0 Å². The van der Waals surface area contributed by atoms with Gasteiger partial charge in [-0.1, -0.05) is 17.7 Å². The summed E-state index contributed by atoms with van der Waals surface area (Å²) in [7, 11) is 1.62. The van der Waals surface area contributed by atoms with Crippen LogP contribution in [0.4, 0.5) is 0 Å². The van der Waals surface area contributed by atoms with Crippen molar-refractivity contribution in [3.63, 3.8) is 0 Å². The fraction of sp³-hybridized carbons (Fsp3) is 0.154. The highest BCUT2D eigenvalue weighted by molar-refractivity contribution is 9.10. The molecule has 0 aliphatic rings. The van der Waals surface area contributed by atoms with Crippen LogP contribution in [0.15, 0.2) is 40.9 Å². The van der Waals surface area contributed by atoms with E-state index >= 15 is 0 Å². The molecule has 0 saturated carbocycles. The first kappa shape index (κ1) is 13.2. The molecule has 0 radical (unpaired) electrons. The lowest BCUT2D eigenvalue weighted by Gasteiger charge is -2.09. The van der Waals surface area contributed by atoms with E-state index in [0.717, 1.165) is 21.7 Å². The third kappa shape index (κ3) is 3.37. The van der Waals surface area contributed by atoms with E-state index < -0.39 is 0 Å². The molecule has 18 heavy (non-hydrogen) atoms. The average molecular weight is 329 g/mol. The standard InChI is InChI=1S/C13H11BrClNO2/c1-17-10-5-6-12(11(14)7-10)18-8-9-3-2-4-13(15)16-9/h2-7H,8H2,1H3. The Kier molecular flexibility index (Phi) is 4.44. The Balaban J connectivity index is 2.06. The third-order valence-electron chi connectivity index (χ3n) is 2.29. The summed E-state index contributed by atoms with van der Waals surface area (Å²) in [5.74, 6) is 1.51. The highest BCUT2D eigenvalue weighted by Gasteiger charge is 2.04. The van der Waals surface area contributed by atoms with Crippen molar-refractivity contribution in [3.05, 3.63) is 51.7 Å². The van der Waals surface area contributed by atoms with Crippen LogP contribution < -0.4 is 9.47 Å². The van der Waals surface area contributed by atoms with Crippen molar-refractivity contribution in [3.8, 4) is 11.5 Å². The van der Waals surface area contributed by atoms with E-state index in [0.29, 0.717) is 11.8 Å². The molecule has 0 spiro atoms. The molecule has 0 bridgehead atoms. The summed E-state index contributed by atoms with van der Waals surface area (Å²) in [6.07, 6.45) is 0. The third-order valence-corrected chi connectivity index (χ3v) is 3.12. The van der Waals surface area contributed by atoms with Crippen LogP contribution in [0.25, 0.3) is 0 Å². The van der Waals surface area contributed by atoms with Gasteiger partial charge < -0.3 is 9.47 Å². The van der Waals surface area contributed by atoms with E-state index in [2.05, 4.69) is 20.9 Å². The molecule has 0 amide bonds. The largest absolute Gasteiger partial charge is 0.497 e. The number of halogens is 2. The zero-order valence-corrected chi connectivity index (χ0v) is 12.0. The van der Waals surface area contributed by atoms with Crippen LogP contribution in [0.1, 0.15) is 5.69 Å². The van der Waals surface area contributed by atoms with Gasteiger partial charge >= 0.3 is 0 Å². The maximum atomic E-state index is 5.80. The Bertz CT molecular complexity index is 548. The lowest BCUT2D eigenvalue weighted by atomic mass is 10.3. The average Bonchev–Trinajstić information content (AvgIpc) is 2.37. The van der Waals surface area contributed by atoms with Gasteiger partial charge in [-0.2, -0.15) is 0 Å². The first-order valence-corrected chi connectivity index (χ1v) is 6.44. The van der Waals surface area contributed by atoms with Gasteiger partial charge in [-0.15, -0.1) is 0 Å². The summed E-state index contributed by atoms with van der Waals surface area (Å²) in [4.78, 5) is 4.15. The van der Waals surface area contributed by atoms with Gasteiger partial charge in [0, 0.05) is 0 Å². The van der Waals surface area contributed by atoms with Gasteiger partial charge in [0.1, 0.15) is 23.3 Å². The molecule has 2 rings (SSSR count). The number of ether oxygens (including phenoxy) is 2. The Labute approximate surface area is 119 Å². The van der Waals surface area contributed by atoms with Crippen molar-refractivity contribution in [1.82, 2.24) is 4.98 Å². The molecule has 3 nitrogen and oxygen atoms in total. The van der Waals surface area contributed by atoms with E-state index in [1.807, 2.05) is 30.3 Å². The smallest absolute Gasteiger partial charge is 0.134 e. The summed E-state index contributed by atoms with van der Waals surface area (Å²) in [5, 5.41) is 0.463. The number of methoxy groups -OCH3 is 1. The quantitative estimate of drug-likeness (QED) is 0.792. The van der Waals surface area contributed by atoms with E-state index in [-0.39, 0.29) is 0 Å². The van der Waals surface area contributed by atoms with Gasteiger partial charge in [-0.05, 0) is 46.3 Å². The number of rotatable bonds is 4. The van der Waals surface area contributed by atoms with Gasteiger partial charge in [-0.25, -0.2) is 4.98 Å². The van der Waals surface area contributed by atoms with Crippen LogP contribution >= 0.6 is 27.5 Å². The molecular weight excluding hydrogens is 318 g/mol. The van der Waals surface area contributed by atoms with Crippen LogP contribution in [0.2, 0.25) is 5.15 Å². The normalized spacial score (nSPS) is 10.2. The number of aromatic nitrogens is 1. The van der Waals surface area contributed by atoms with Gasteiger partial charge in [0.05, 0.1) is 17.3 Å². The molecule has 0 aliphatic heterocycles. The second-order valence-electron chi connectivity index (χ2n) is 3.54. The Morgan fingerprint density at radius 1 is 1.28 bits per heavy atom. The van der Waals surface area contributed by atoms with E-state index in [1.165, 1.54) is 0 Å². The molecule has 2 aromatic rings. The van der Waals surface area contributed by atoms with E-state index in [9.17, 15) is 0 Å². The van der Waals surface area contributed by atoms with Crippen molar-refractivity contribution in [2.45, 2.75) is 6.61 Å². The van der Waals surface area contributed by atoms with Crippen molar-refractivity contribution in [2.75, 3.05) is 7.11 Å². The van der Waals surface area contributed by atoms with Gasteiger partial charge in [0.2, 0.25) is 0 Å². The van der Waals surface area contributed by atoms with Crippen molar-refractivity contribution in [1.29, 1.82) is 0 Å². The van der Waals surface area contributed by atoms with E-state index in [1.54, 1.807) is 13.2 Å². The summed E-state index contributed by atoms with van der Waals surface area (Å²) in [6, 6.07) is 11.0. The predicted octanol–water partition coefficient (Wildman–Crippen LogP) is 4.09. The summed E-state index contributed by atoms with van der Waals surface area (Å²) >= 11 is 9.23. The van der Waals surface area contributed by atoms with Gasteiger partial charge in [-0.3, -0.25) is 0 Å². The molecule has 0 saturated heterocycles. The molecule has 0 fully saturated rings. The number of hydrogen-bond acceptors (Lipinski definition) is 3. The van der Waals surface area contributed by atoms with Crippen molar-refractivity contribution >= 4 is 27.5 Å². The van der Waals surface area contributed by atoms with Crippen LogP contribution in [0.3, 0.4) is 0 Å². The van der Waals surface area contributed by atoms with Crippen molar-refractivity contribution < 1.29 is 9.47 Å². The van der Waals surface area contributed by atoms with Gasteiger partial charge in [0.25, 0.3) is 0 Å². The fourth-order valence-corrected chi connectivity index (χ4v) is 2.06. The molecular formula is C13H11BrClNO2. The Morgan fingerprint density at radius 2 is 2.11 bits per heavy atom. The van der Waals surface area contributed by atoms with Crippen LogP contribution in [0, 0.1) is 0 Å². The Hall–Kier alpha value is -1.26. The Morgan fingerprint density at radius 3 is 2.78 bits per heavy atom. The first-order valence-electron chi connectivity index (χ1n) is 5.27. The highest BCUT2D eigenvalue weighted by Crippen LogP contribution is 2.29. The topological polar surface area (TPSA) is 31.4 Å². The zero-order valence-electron chi connectivity index (χ0n) is 9.69. The van der Waals surface area contributed by atoms with Crippen molar-refractivity contribution in [2.24, 2.45) is 0 Å². The molecule has 94 valence electrons. The molecule has 1 heterocycles. The van der Waals surface area contributed by atoms with E-state index in [4.69, 9.17) is 21.1 Å². The molecule has 0 unspecified atom stereocenters. The number of pyridine rings is 1.